The van der Waals surface area contributed by atoms with Gasteiger partial charge in [0.1, 0.15) is 0 Å². The molecule has 0 fully saturated rings. The summed E-state index contributed by atoms with van der Waals surface area (Å²) in [6.07, 6.45) is 0. The third-order valence-electron chi connectivity index (χ3n) is 4.79. The second kappa shape index (κ2) is 6.96. The smallest absolute Gasteiger partial charge is 0.254 e. The van der Waals surface area contributed by atoms with Gasteiger partial charge in [0.2, 0.25) is 0 Å². The van der Waals surface area contributed by atoms with E-state index in [0.29, 0.717) is 25.2 Å². The molecule has 1 aromatic carbocycles. The van der Waals surface area contributed by atoms with E-state index in [4.69, 9.17) is 0 Å². The average molecular weight is 408 g/mol. The van der Waals surface area contributed by atoms with E-state index >= 15 is 0 Å². The van der Waals surface area contributed by atoms with E-state index in [1.807, 2.05) is 47.5 Å². The number of carbonyl (C=O) groups is 1. The summed E-state index contributed by atoms with van der Waals surface area (Å²) in [4.78, 5) is 20.5. The fourth-order valence-electron chi connectivity index (χ4n) is 3.35. The predicted octanol–water partition coefficient (Wildman–Crippen LogP) is 4.09. The van der Waals surface area contributed by atoms with Gasteiger partial charge in [0.05, 0.1) is 6.54 Å². The number of rotatable bonds is 3. The van der Waals surface area contributed by atoms with Crippen molar-refractivity contribution < 1.29 is 4.79 Å². The van der Waals surface area contributed by atoms with Crippen LogP contribution in [0.4, 0.5) is 0 Å². The number of aromatic nitrogens is 4. The van der Waals surface area contributed by atoms with Crippen LogP contribution in [0.2, 0.25) is 0 Å². The van der Waals surface area contributed by atoms with E-state index < -0.39 is 0 Å². The van der Waals surface area contributed by atoms with Crippen molar-refractivity contribution in [1.29, 1.82) is 0 Å². The maximum Gasteiger partial charge on any atom is 0.254 e. The Morgan fingerprint density at radius 1 is 1.07 bits per heavy atom. The SMILES string of the molecule is Cc1csc(-c2nnc3n2CCN(C(=O)c2ccc(-c4cccs4)cc2)C3)n1. The fourth-order valence-corrected chi connectivity index (χ4v) is 4.87. The number of fused-ring (bicyclic) bond motifs is 1. The number of thiophene rings is 1. The summed E-state index contributed by atoms with van der Waals surface area (Å²) in [7, 11) is 0. The van der Waals surface area contributed by atoms with Crippen molar-refractivity contribution in [2.75, 3.05) is 6.54 Å². The van der Waals surface area contributed by atoms with Gasteiger partial charge >= 0.3 is 0 Å². The number of nitrogens with zero attached hydrogens (tertiary/aromatic N) is 5. The molecule has 0 bridgehead atoms. The predicted molar refractivity (Wildman–Crippen MR) is 110 cm³/mol. The highest BCUT2D eigenvalue weighted by molar-refractivity contribution is 7.13. The Kier molecular flexibility index (Phi) is 4.29. The molecular formula is C20H17N5OS2. The Morgan fingerprint density at radius 3 is 2.64 bits per heavy atom. The summed E-state index contributed by atoms with van der Waals surface area (Å²) >= 11 is 3.27. The topological polar surface area (TPSA) is 63.9 Å². The summed E-state index contributed by atoms with van der Waals surface area (Å²) in [5, 5.41) is 13.6. The van der Waals surface area contributed by atoms with E-state index in [-0.39, 0.29) is 5.91 Å². The maximum absolute atomic E-state index is 12.9. The molecule has 6 nitrogen and oxygen atoms in total. The Hall–Kier alpha value is -2.84. The molecule has 0 aliphatic carbocycles. The lowest BCUT2D eigenvalue weighted by Gasteiger charge is -2.27. The molecule has 1 aliphatic rings. The highest BCUT2D eigenvalue weighted by Crippen LogP contribution is 2.27. The molecule has 8 heteroatoms. The lowest BCUT2D eigenvalue weighted by atomic mass is 10.1. The van der Waals surface area contributed by atoms with E-state index in [9.17, 15) is 4.79 Å². The second-order valence-electron chi connectivity index (χ2n) is 6.67. The summed E-state index contributed by atoms with van der Waals surface area (Å²) in [5.41, 5.74) is 2.81. The number of benzene rings is 1. The van der Waals surface area contributed by atoms with Crippen LogP contribution in [0.3, 0.4) is 0 Å². The first-order chi connectivity index (χ1) is 13.7. The minimum Gasteiger partial charge on any atom is -0.329 e. The number of carbonyl (C=O) groups excluding carboxylic acids is 1. The van der Waals surface area contributed by atoms with E-state index in [1.54, 1.807) is 22.7 Å². The highest BCUT2D eigenvalue weighted by Gasteiger charge is 2.26. The monoisotopic (exact) mass is 407 g/mol. The van der Waals surface area contributed by atoms with Gasteiger partial charge in [-0.3, -0.25) is 4.79 Å². The van der Waals surface area contributed by atoms with Crippen molar-refractivity contribution in [2.24, 2.45) is 0 Å². The fraction of sp³-hybridized carbons (Fsp3) is 0.200. The van der Waals surface area contributed by atoms with Gasteiger partial charge in [-0.2, -0.15) is 0 Å². The molecule has 5 rings (SSSR count). The van der Waals surface area contributed by atoms with Crippen molar-refractivity contribution >= 4 is 28.6 Å². The van der Waals surface area contributed by atoms with Crippen LogP contribution in [0.15, 0.2) is 47.2 Å². The summed E-state index contributed by atoms with van der Waals surface area (Å²) < 4.78 is 2.07. The first-order valence-electron chi connectivity index (χ1n) is 8.97. The molecule has 0 saturated carbocycles. The van der Waals surface area contributed by atoms with Gasteiger partial charge in [-0.15, -0.1) is 32.9 Å². The average Bonchev–Trinajstić information content (AvgIpc) is 3.47. The molecular weight excluding hydrogens is 390 g/mol. The van der Waals surface area contributed by atoms with Crippen molar-refractivity contribution in [3.8, 4) is 21.3 Å². The molecule has 0 unspecified atom stereocenters. The van der Waals surface area contributed by atoms with Crippen LogP contribution in [-0.4, -0.2) is 37.1 Å². The summed E-state index contributed by atoms with van der Waals surface area (Å²) in [5.74, 6) is 1.62. The van der Waals surface area contributed by atoms with Gasteiger partial charge in [0.15, 0.2) is 16.7 Å². The van der Waals surface area contributed by atoms with Crippen LogP contribution in [0, 0.1) is 6.92 Å². The third kappa shape index (κ3) is 3.04. The van der Waals surface area contributed by atoms with Crippen molar-refractivity contribution in [3.05, 3.63) is 64.2 Å². The number of aryl methyl sites for hydroxylation is 1. The Bertz CT molecular complexity index is 1130. The van der Waals surface area contributed by atoms with Gasteiger partial charge in [-0.1, -0.05) is 18.2 Å². The molecule has 1 aliphatic heterocycles. The Labute approximate surface area is 170 Å². The molecule has 0 N–H and O–H groups in total. The van der Waals surface area contributed by atoms with Gasteiger partial charge < -0.3 is 9.47 Å². The second-order valence-corrected chi connectivity index (χ2v) is 8.47. The van der Waals surface area contributed by atoms with Crippen LogP contribution < -0.4 is 0 Å². The zero-order chi connectivity index (χ0) is 19.1. The lowest BCUT2D eigenvalue weighted by Crippen LogP contribution is -2.38. The molecule has 0 radical (unpaired) electrons. The normalized spacial score (nSPS) is 13.5. The standard InChI is InChI=1S/C20H17N5OS2/c1-13-12-28-19(21-13)18-23-22-17-11-24(8-9-25(17)18)20(26)15-6-4-14(5-7-15)16-3-2-10-27-16/h2-7,10,12H,8-9,11H2,1H3. The van der Waals surface area contributed by atoms with Crippen molar-refractivity contribution in [2.45, 2.75) is 20.0 Å². The van der Waals surface area contributed by atoms with Crippen LogP contribution in [-0.2, 0) is 13.1 Å². The third-order valence-corrected chi connectivity index (χ3v) is 6.66. The van der Waals surface area contributed by atoms with E-state index in [0.717, 1.165) is 27.9 Å². The van der Waals surface area contributed by atoms with E-state index in [2.05, 4.69) is 31.2 Å². The minimum atomic E-state index is 0.0265. The van der Waals surface area contributed by atoms with Crippen molar-refractivity contribution in [1.82, 2.24) is 24.6 Å². The molecule has 4 heterocycles. The summed E-state index contributed by atoms with van der Waals surface area (Å²) in [6.45, 7) is 3.74. The zero-order valence-electron chi connectivity index (χ0n) is 15.2. The Morgan fingerprint density at radius 2 is 1.93 bits per heavy atom. The van der Waals surface area contributed by atoms with Gasteiger partial charge in [-0.05, 0) is 36.1 Å². The molecule has 1 amide bonds. The number of thiazole rings is 1. The van der Waals surface area contributed by atoms with Crippen LogP contribution in [0.25, 0.3) is 21.3 Å². The molecule has 28 heavy (non-hydrogen) atoms. The number of amides is 1. The largest absolute Gasteiger partial charge is 0.329 e. The minimum absolute atomic E-state index is 0.0265. The zero-order valence-corrected chi connectivity index (χ0v) is 16.8. The molecule has 0 spiro atoms. The lowest BCUT2D eigenvalue weighted by molar-refractivity contribution is 0.0708. The number of hydrogen-bond acceptors (Lipinski definition) is 6. The van der Waals surface area contributed by atoms with E-state index in [1.165, 1.54) is 4.88 Å². The quantitative estimate of drug-likeness (QED) is 0.513. The maximum atomic E-state index is 12.9. The van der Waals surface area contributed by atoms with Crippen LogP contribution in [0.5, 0.6) is 0 Å². The summed E-state index contributed by atoms with van der Waals surface area (Å²) in [6, 6.07) is 11.9. The first kappa shape index (κ1) is 17.3. The van der Waals surface area contributed by atoms with Gasteiger partial charge in [0, 0.05) is 34.6 Å². The first-order valence-corrected chi connectivity index (χ1v) is 10.7. The molecule has 3 aromatic heterocycles. The number of hydrogen-bond donors (Lipinski definition) is 0. The Balaban J connectivity index is 1.35. The highest BCUT2D eigenvalue weighted by atomic mass is 32.1. The van der Waals surface area contributed by atoms with Gasteiger partial charge in [-0.25, -0.2) is 4.98 Å². The molecule has 4 aromatic rings. The molecule has 0 atom stereocenters. The molecule has 140 valence electrons. The van der Waals surface area contributed by atoms with Crippen LogP contribution in [0.1, 0.15) is 21.9 Å². The van der Waals surface area contributed by atoms with Crippen LogP contribution >= 0.6 is 22.7 Å². The van der Waals surface area contributed by atoms with Gasteiger partial charge in [0.25, 0.3) is 5.91 Å². The molecule has 0 saturated heterocycles. The van der Waals surface area contributed by atoms with Crippen molar-refractivity contribution in [3.63, 3.8) is 0 Å².